The number of para-hydroxylation sites is 1. The van der Waals surface area contributed by atoms with Crippen LogP contribution < -0.4 is 16.4 Å². The van der Waals surface area contributed by atoms with Gasteiger partial charge in [-0.05, 0) is 57.9 Å². The van der Waals surface area contributed by atoms with E-state index in [4.69, 9.17) is 10.7 Å². The van der Waals surface area contributed by atoms with E-state index in [9.17, 15) is 0 Å². The summed E-state index contributed by atoms with van der Waals surface area (Å²) in [7, 11) is 6.01. The summed E-state index contributed by atoms with van der Waals surface area (Å²) in [5.74, 6) is -0.0718. The van der Waals surface area contributed by atoms with Crippen LogP contribution in [0.25, 0.3) is 33.2 Å². The number of hydrogen-bond acceptors (Lipinski definition) is 6. The molecule has 2 atom stereocenters. The first-order valence-corrected chi connectivity index (χ1v) is 12.2. The van der Waals surface area contributed by atoms with E-state index in [2.05, 4.69) is 48.4 Å². The molecule has 1 aromatic carbocycles. The lowest BCUT2D eigenvalue weighted by Gasteiger charge is -2.39. The topological polar surface area (TPSA) is 99.8 Å². The van der Waals surface area contributed by atoms with Gasteiger partial charge in [0.05, 0.1) is 16.9 Å². The van der Waals surface area contributed by atoms with Crippen molar-refractivity contribution in [2.24, 2.45) is 12.8 Å². The van der Waals surface area contributed by atoms with Gasteiger partial charge in [0.15, 0.2) is 0 Å². The van der Waals surface area contributed by atoms with Crippen LogP contribution >= 0.6 is 0 Å². The van der Waals surface area contributed by atoms with Crippen LogP contribution in [0.2, 0.25) is 0 Å². The number of anilines is 1. The lowest BCUT2D eigenvalue weighted by Crippen LogP contribution is -2.58. The molecule has 0 radical (unpaired) electrons. The van der Waals surface area contributed by atoms with Crippen molar-refractivity contribution in [1.82, 2.24) is 29.7 Å². The van der Waals surface area contributed by atoms with Crippen molar-refractivity contribution >= 4 is 27.9 Å². The fraction of sp³-hybridized carbons (Fsp3) is 0.333. The maximum atomic E-state index is 15.5. The molecule has 1 aliphatic rings. The van der Waals surface area contributed by atoms with Crippen LogP contribution in [0.3, 0.4) is 0 Å². The minimum atomic E-state index is -0.660. The summed E-state index contributed by atoms with van der Waals surface area (Å²) in [5, 5.41) is 8.50. The van der Waals surface area contributed by atoms with E-state index >= 15 is 4.39 Å². The van der Waals surface area contributed by atoms with Crippen molar-refractivity contribution in [3.8, 4) is 11.3 Å². The molecule has 5 rings (SSSR count). The molecule has 4 aromatic rings. The molecule has 0 saturated heterocycles. The van der Waals surface area contributed by atoms with Crippen molar-refractivity contribution < 1.29 is 4.39 Å². The third-order valence-electron chi connectivity index (χ3n) is 6.88. The second kappa shape index (κ2) is 9.50. The average Bonchev–Trinajstić information content (AvgIpc) is 3.45. The molecule has 8 nitrogen and oxygen atoms in total. The number of allylic oxidation sites excluding steroid dienone is 1. The Balaban J connectivity index is 1.52. The maximum Gasteiger partial charge on any atom is 0.229 e. The van der Waals surface area contributed by atoms with Crippen LogP contribution in [0.15, 0.2) is 66.4 Å². The Morgan fingerprint density at radius 3 is 2.78 bits per heavy atom. The lowest BCUT2D eigenvalue weighted by molar-refractivity contribution is 0.285. The van der Waals surface area contributed by atoms with Crippen molar-refractivity contribution in [3.05, 3.63) is 66.4 Å². The van der Waals surface area contributed by atoms with Gasteiger partial charge in [-0.25, -0.2) is 9.37 Å². The Labute approximate surface area is 210 Å². The fourth-order valence-electron chi connectivity index (χ4n) is 5.00. The van der Waals surface area contributed by atoms with Crippen LogP contribution in [0.5, 0.6) is 0 Å². The molecule has 9 heteroatoms. The molecule has 3 aromatic heterocycles. The third kappa shape index (κ3) is 4.30. The van der Waals surface area contributed by atoms with Gasteiger partial charge >= 0.3 is 0 Å². The Bertz CT molecular complexity index is 1460. The number of nitrogens with two attached hydrogens (primary N) is 1. The van der Waals surface area contributed by atoms with Crippen molar-refractivity contribution in [3.63, 3.8) is 0 Å². The summed E-state index contributed by atoms with van der Waals surface area (Å²) in [5.41, 5.74) is 9.76. The van der Waals surface area contributed by atoms with Crippen LogP contribution in [-0.4, -0.2) is 63.2 Å². The molecule has 3 heterocycles. The second-order valence-corrected chi connectivity index (χ2v) is 9.65. The Morgan fingerprint density at radius 1 is 1.19 bits per heavy atom. The molecule has 0 bridgehead atoms. The van der Waals surface area contributed by atoms with Gasteiger partial charge in [0.1, 0.15) is 11.5 Å². The number of nitrogens with one attached hydrogen (secondary N) is 3. The molecular formula is C27H33FN8. The van der Waals surface area contributed by atoms with Gasteiger partial charge in [-0.3, -0.25) is 0 Å². The maximum absolute atomic E-state index is 15.5. The quantitative estimate of drug-likeness (QED) is 0.300. The van der Waals surface area contributed by atoms with Crippen molar-refractivity contribution in [2.75, 3.05) is 32.5 Å². The van der Waals surface area contributed by atoms with E-state index in [1.807, 2.05) is 52.5 Å². The van der Waals surface area contributed by atoms with Gasteiger partial charge < -0.3 is 30.8 Å². The minimum Gasteiger partial charge on any atom is -0.350 e. The number of aromatic nitrogens is 4. The highest BCUT2D eigenvalue weighted by Gasteiger charge is 2.37. The molecule has 0 spiro atoms. The van der Waals surface area contributed by atoms with Crippen LogP contribution in [0.1, 0.15) is 13.3 Å². The standard InChI is InChI=1S/C27H33FN8/c1-5-31-27(11-13-35(2)3)15-20(28)21(14-23(27)29)32-26-33-24(18-10-12-30-25(18)34-26)19-16-36(4)22-9-7-6-8-17(19)22/h6-10,12,14-16,23,31H,5,11,13,29H2,1-4H3,(H2,30,32,33,34). The molecule has 0 amide bonds. The van der Waals surface area contributed by atoms with E-state index in [1.165, 1.54) is 0 Å². The predicted octanol–water partition coefficient (Wildman–Crippen LogP) is 3.91. The Kier molecular flexibility index (Phi) is 6.38. The van der Waals surface area contributed by atoms with E-state index in [0.29, 0.717) is 24.6 Å². The zero-order valence-corrected chi connectivity index (χ0v) is 21.1. The molecule has 2 unspecified atom stereocenters. The number of aromatic amines is 1. The molecule has 0 aliphatic heterocycles. The van der Waals surface area contributed by atoms with E-state index in [-0.39, 0.29) is 11.5 Å². The largest absolute Gasteiger partial charge is 0.350 e. The number of halogens is 1. The van der Waals surface area contributed by atoms with Crippen LogP contribution in [0, 0.1) is 0 Å². The highest BCUT2D eigenvalue weighted by Crippen LogP contribution is 2.35. The summed E-state index contributed by atoms with van der Waals surface area (Å²) in [6.07, 6.45) is 7.92. The van der Waals surface area contributed by atoms with Crippen molar-refractivity contribution in [2.45, 2.75) is 24.9 Å². The Morgan fingerprint density at radius 2 is 2.00 bits per heavy atom. The number of aryl methyl sites for hydroxylation is 1. The van der Waals surface area contributed by atoms with E-state index < -0.39 is 11.6 Å². The number of H-pyrrole nitrogens is 1. The molecular weight excluding hydrogens is 455 g/mol. The summed E-state index contributed by atoms with van der Waals surface area (Å²) < 4.78 is 17.6. The predicted molar refractivity (Wildman–Crippen MR) is 144 cm³/mol. The van der Waals surface area contributed by atoms with E-state index in [1.54, 1.807) is 12.2 Å². The summed E-state index contributed by atoms with van der Waals surface area (Å²) in [4.78, 5) is 14.7. The first-order valence-electron chi connectivity index (χ1n) is 12.2. The highest BCUT2D eigenvalue weighted by atomic mass is 19.1. The van der Waals surface area contributed by atoms with Crippen LogP contribution in [0.4, 0.5) is 10.3 Å². The number of likely N-dealkylation sites (N-methyl/N-ethyl adjacent to an activating group) is 1. The molecule has 1 aliphatic carbocycles. The van der Waals surface area contributed by atoms with Gasteiger partial charge in [-0.15, -0.1) is 0 Å². The van der Waals surface area contributed by atoms with Gasteiger partial charge in [-0.1, -0.05) is 25.1 Å². The SMILES string of the molecule is CCNC1(CCN(C)C)C=C(F)C(Nc2nc(-c3cn(C)c4ccccc34)c3cc[nH]c3n2)=CC1N. The Hall–Kier alpha value is -3.53. The minimum absolute atomic E-state index is 0.274. The third-order valence-corrected chi connectivity index (χ3v) is 6.88. The molecule has 0 fully saturated rings. The molecule has 0 saturated carbocycles. The fourth-order valence-corrected chi connectivity index (χ4v) is 5.00. The zero-order valence-electron chi connectivity index (χ0n) is 21.1. The van der Waals surface area contributed by atoms with E-state index in [0.717, 1.165) is 34.1 Å². The number of hydrogen-bond donors (Lipinski definition) is 4. The van der Waals surface area contributed by atoms with Gasteiger partial charge in [-0.2, -0.15) is 4.98 Å². The second-order valence-electron chi connectivity index (χ2n) is 9.65. The monoisotopic (exact) mass is 488 g/mol. The smallest absolute Gasteiger partial charge is 0.229 e. The lowest BCUT2D eigenvalue weighted by atomic mass is 9.82. The van der Waals surface area contributed by atoms with Crippen LogP contribution in [-0.2, 0) is 7.05 Å². The highest BCUT2D eigenvalue weighted by molar-refractivity contribution is 6.02. The zero-order chi connectivity index (χ0) is 25.4. The summed E-state index contributed by atoms with van der Waals surface area (Å²) >= 11 is 0. The number of rotatable bonds is 8. The molecule has 188 valence electrons. The first-order chi connectivity index (χ1) is 17.3. The average molecular weight is 489 g/mol. The molecule has 36 heavy (non-hydrogen) atoms. The molecule has 5 N–H and O–H groups in total. The van der Waals surface area contributed by atoms with Crippen molar-refractivity contribution in [1.29, 1.82) is 0 Å². The normalized spacial score (nSPS) is 20.2. The summed E-state index contributed by atoms with van der Waals surface area (Å²) in [6, 6.07) is 9.73. The number of nitrogens with zero attached hydrogens (tertiary/aromatic N) is 4. The van der Waals surface area contributed by atoms with Gasteiger partial charge in [0.25, 0.3) is 0 Å². The summed E-state index contributed by atoms with van der Waals surface area (Å²) in [6.45, 7) is 3.46. The van der Waals surface area contributed by atoms with Gasteiger partial charge in [0.2, 0.25) is 5.95 Å². The first kappa shape index (κ1) is 24.2. The number of benzene rings is 1. The number of fused-ring (bicyclic) bond motifs is 2. The van der Waals surface area contributed by atoms with Gasteiger partial charge in [0, 0.05) is 47.3 Å².